The Morgan fingerprint density at radius 3 is 0.960 bits per heavy atom. The van der Waals surface area contributed by atoms with Crippen molar-refractivity contribution >= 4 is 35.5 Å². The van der Waals surface area contributed by atoms with E-state index >= 15 is 0 Å². The number of hydrogen-bond donors (Lipinski definition) is 4. The van der Waals surface area contributed by atoms with Crippen molar-refractivity contribution in [2.45, 2.75) is 132 Å². The summed E-state index contributed by atoms with van der Waals surface area (Å²) in [6, 6.07) is 6.96. The molecule has 1 aromatic carbocycles. The number of hydrogen-bond acceptors (Lipinski definition) is 4. The van der Waals surface area contributed by atoms with Crippen LogP contribution in [0.3, 0.4) is 0 Å². The van der Waals surface area contributed by atoms with Crippen LogP contribution in [0.5, 0.6) is 0 Å². The number of rotatable bonds is 12. The lowest BCUT2D eigenvalue weighted by atomic mass is 9.96. The van der Waals surface area contributed by atoms with E-state index in [1.54, 1.807) is 0 Å². The maximum Gasteiger partial charge on any atom is 0.409 e. The first kappa shape index (κ1) is 44.3. The molecule has 0 aromatic heterocycles. The number of carbonyl (C=O) groups is 2. The summed E-state index contributed by atoms with van der Waals surface area (Å²) < 4.78 is 0. The van der Waals surface area contributed by atoms with E-state index in [4.69, 9.17) is 20.2 Å². The molecule has 0 radical (unpaired) electrons. The predicted molar refractivity (Wildman–Crippen MR) is 210 cm³/mol. The van der Waals surface area contributed by atoms with E-state index in [0.717, 1.165) is 52.4 Å². The van der Waals surface area contributed by atoms with Crippen LogP contribution in [-0.4, -0.2) is 118 Å². The second-order valence-corrected chi connectivity index (χ2v) is 12.6. The Bertz CT molecular complexity index is 987. The lowest BCUT2D eigenvalue weighted by Gasteiger charge is -2.33. The van der Waals surface area contributed by atoms with Gasteiger partial charge in [0.15, 0.2) is 11.9 Å². The molecular weight excluding hydrogens is 632 g/mol. The van der Waals surface area contributed by atoms with E-state index < -0.39 is 12.2 Å². The molecule has 0 spiro atoms. The number of amides is 2. The van der Waals surface area contributed by atoms with Crippen LogP contribution in [0.1, 0.15) is 120 Å². The molecule has 2 saturated carbocycles. The minimum Gasteiger partial charge on any atom is -0.465 e. The van der Waals surface area contributed by atoms with Crippen molar-refractivity contribution in [1.82, 2.24) is 19.6 Å². The molecule has 0 aliphatic heterocycles. The number of carboxylic acid groups (broad SMARTS) is 2. The summed E-state index contributed by atoms with van der Waals surface area (Å²) >= 11 is 0. The largest absolute Gasteiger partial charge is 0.465 e. The molecule has 286 valence electrons. The lowest BCUT2D eigenvalue weighted by molar-refractivity contribution is 0.208. The summed E-state index contributed by atoms with van der Waals surface area (Å²) in [7, 11) is 0. The fraction of sp³-hybridized carbons (Fsp3) is 0.737. The van der Waals surface area contributed by atoms with Gasteiger partial charge in [-0.2, -0.15) is 0 Å². The van der Waals surface area contributed by atoms with E-state index in [0.29, 0.717) is 23.5 Å². The number of benzene rings is 1. The second kappa shape index (κ2) is 26.2. The molecule has 2 fully saturated rings. The third-order valence-corrected chi connectivity index (χ3v) is 9.32. The van der Waals surface area contributed by atoms with E-state index in [9.17, 15) is 9.59 Å². The van der Waals surface area contributed by atoms with Crippen molar-refractivity contribution < 1.29 is 19.8 Å². The van der Waals surface area contributed by atoms with Gasteiger partial charge in [-0.3, -0.25) is 10.6 Å². The van der Waals surface area contributed by atoms with Crippen LogP contribution in [0.15, 0.2) is 34.3 Å². The van der Waals surface area contributed by atoms with Gasteiger partial charge in [-0.1, -0.05) is 38.5 Å². The fourth-order valence-corrected chi connectivity index (χ4v) is 6.38. The molecule has 1 aromatic rings. The summed E-state index contributed by atoms with van der Waals surface area (Å²) in [5.41, 5.74) is 0.766. The van der Waals surface area contributed by atoms with Crippen LogP contribution in [0, 0.1) is 0 Å². The number of nitrogens with zero attached hydrogens (tertiary/aromatic N) is 6. The van der Waals surface area contributed by atoms with Gasteiger partial charge in [0, 0.05) is 63.7 Å². The van der Waals surface area contributed by atoms with Gasteiger partial charge in [0.05, 0.1) is 12.1 Å². The molecule has 2 aliphatic carbocycles. The quantitative estimate of drug-likeness (QED) is 0.126. The Kier molecular flexibility index (Phi) is 23.2. The summed E-state index contributed by atoms with van der Waals surface area (Å²) in [4.78, 5) is 40.2. The average molecular weight is 703 g/mol. The third-order valence-electron chi connectivity index (χ3n) is 9.32. The molecule has 12 nitrogen and oxygen atoms in total. The maximum absolute atomic E-state index is 10.2. The van der Waals surface area contributed by atoms with Crippen molar-refractivity contribution in [3.63, 3.8) is 0 Å². The SMILES string of the molecule is CCN(CC)C(=NC1CCCCC1)N(CC)CC.CCN(CC)C(=NC1CCCCC1)N(CC)CC.O=C(O)Nc1ccc(NC(=O)O)cc1. The molecule has 0 unspecified atom stereocenters. The zero-order chi connectivity index (χ0) is 37.3. The molecule has 0 saturated heterocycles. The van der Waals surface area contributed by atoms with E-state index in [1.165, 1.54) is 100 Å². The summed E-state index contributed by atoms with van der Waals surface area (Å²) in [5.74, 6) is 2.47. The monoisotopic (exact) mass is 703 g/mol. The smallest absolute Gasteiger partial charge is 0.409 e. The van der Waals surface area contributed by atoms with Gasteiger partial charge in [-0.05, 0) is 105 Å². The first-order chi connectivity index (χ1) is 24.1. The number of guanidine groups is 2. The Hall–Kier alpha value is -3.70. The molecule has 3 rings (SSSR count). The molecule has 2 amide bonds. The zero-order valence-corrected chi connectivity index (χ0v) is 32.6. The van der Waals surface area contributed by atoms with Gasteiger partial charge in [0.25, 0.3) is 0 Å². The molecule has 0 heterocycles. The maximum atomic E-state index is 10.2. The molecule has 0 atom stereocenters. The highest BCUT2D eigenvalue weighted by molar-refractivity contribution is 5.85. The van der Waals surface area contributed by atoms with Crippen LogP contribution in [-0.2, 0) is 0 Å². The van der Waals surface area contributed by atoms with Crippen LogP contribution in [0.2, 0.25) is 0 Å². The Labute approximate surface area is 303 Å². The van der Waals surface area contributed by atoms with Crippen molar-refractivity contribution in [3.8, 4) is 0 Å². The van der Waals surface area contributed by atoms with Crippen LogP contribution in [0.4, 0.5) is 21.0 Å². The van der Waals surface area contributed by atoms with Gasteiger partial charge < -0.3 is 29.8 Å². The summed E-state index contributed by atoms with van der Waals surface area (Å²) in [6.45, 7) is 26.2. The van der Waals surface area contributed by atoms with Crippen molar-refractivity contribution in [2.75, 3.05) is 63.0 Å². The van der Waals surface area contributed by atoms with Crippen molar-refractivity contribution in [2.24, 2.45) is 9.98 Å². The molecule has 50 heavy (non-hydrogen) atoms. The highest BCUT2D eigenvalue weighted by Gasteiger charge is 2.20. The Morgan fingerprint density at radius 2 is 0.760 bits per heavy atom. The Balaban J connectivity index is 0.000000378. The first-order valence-corrected chi connectivity index (χ1v) is 19.4. The first-order valence-electron chi connectivity index (χ1n) is 19.4. The number of aliphatic imine (C=N–C) groups is 2. The zero-order valence-electron chi connectivity index (χ0n) is 32.6. The van der Waals surface area contributed by atoms with E-state index in [-0.39, 0.29) is 0 Å². The van der Waals surface area contributed by atoms with E-state index in [2.05, 4.69) is 85.6 Å². The van der Waals surface area contributed by atoms with Gasteiger partial charge in [0.2, 0.25) is 0 Å². The number of nitrogens with one attached hydrogen (secondary N) is 2. The normalized spacial score (nSPS) is 14.4. The van der Waals surface area contributed by atoms with Crippen LogP contribution >= 0.6 is 0 Å². The van der Waals surface area contributed by atoms with Crippen LogP contribution in [0.25, 0.3) is 0 Å². The Morgan fingerprint density at radius 1 is 0.520 bits per heavy atom. The molecule has 2 aliphatic rings. The molecule has 0 bridgehead atoms. The second-order valence-electron chi connectivity index (χ2n) is 12.6. The van der Waals surface area contributed by atoms with Gasteiger partial charge in [0.1, 0.15) is 0 Å². The van der Waals surface area contributed by atoms with Crippen molar-refractivity contribution in [1.29, 1.82) is 0 Å². The van der Waals surface area contributed by atoms with Gasteiger partial charge >= 0.3 is 12.2 Å². The molecule has 4 N–H and O–H groups in total. The van der Waals surface area contributed by atoms with Crippen LogP contribution < -0.4 is 10.6 Å². The average Bonchev–Trinajstić information content (AvgIpc) is 3.12. The number of anilines is 2. The summed E-state index contributed by atoms with van der Waals surface area (Å²) in [6.07, 6.45) is 11.0. The predicted octanol–water partition coefficient (Wildman–Crippen LogP) is 8.58. The topological polar surface area (TPSA) is 136 Å². The van der Waals surface area contributed by atoms with Crippen molar-refractivity contribution in [3.05, 3.63) is 24.3 Å². The van der Waals surface area contributed by atoms with Gasteiger partial charge in [-0.25, -0.2) is 19.6 Å². The third kappa shape index (κ3) is 16.8. The molecular formula is C38H70N8O4. The minimum atomic E-state index is -1.16. The summed E-state index contributed by atoms with van der Waals surface area (Å²) in [5, 5.41) is 21.0. The highest BCUT2D eigenvalue weighted by atomic mass is 16.4. The molecule has 12 heteroatoms. The lowest BCUT2D eigenvalue weighted by Crippen LogP contribution is -2.45. The minimum absolute atomic E-state index is 0.383. The van der Waals surface area contributed by atoms with Gasteiger partial charge in [-0.15, -0.1) is 0 Å². The standard InChI is InChI=1S/2C15H31N3.C8H8N2O4/c2*1-5-17(6-2)15(18(7-3)8-4)16-14-12-10-9-11-13-14;11-7(12)9-5-1-2-6(4-3-5)10-8(13)14/h2*14H,5-13H2,1-4H3;1-4,9-10H,(H,11,12)(H,13,14). The highest BCUT2D eigenvalue weighted by Crippen LogP contribution is 2.22. The van der Waals surface area contributed by atoms with E-state index in [1.807, 2.05) is 0 Å². The fourth-order valence-electron chi connectivity index (χ4n) is 6.38.